The summed E-state index contributed by atoms with van der Waals surface area (Å²) in [5, 5.41) is 1.97. The molecule has 0 bridgehead atoms. The van der Waals surface area contributed by atoms with Crippen LogP contribution < -0.4 is 5.32 Å². The normalized spacial score (nSPS) is 23.0. The Hall–Kier alpha value is -2.46. The average Bonchev–Trinajstić information content (AvgIpc) is 3.07. The molecule has 144 valence electrons. The number of nitrogens with one attached hydrogen (secondary N) is 1. The first-order chi connectivity index (χ1) is 12.9. The first-order valence-corrected chi connectivity index (χ1v) is 10.2. The van der Waals surface area contributed by atoms with E-state index in [1.807, 2.05) is 0 Å². The molecule has 2 amide bonds. The van der Waals surface area contributed by atoms with Crippen LogP contribution in [0.4, 0.5) is 14.9 Å². The Balaban J connectivity index is 1.35. The van der Waals surface area contributed by atoms with Crippen LogP contribution in [0.3, 0.4) is 0 Å². The third-order valence-corrected chi connectivity index (χ3v) is 7.07. The van der Waals surface area contributed by atoms with Gasteiger partial charge in [-0.25, -0.2) is 22.6 Å². The van der Waals surface area contributed by atoms with E-state index in [4.69, 9.17) is 4.74 Å². The monoisotopic (exact) mass is 394 g/mol. The summed E-state index contributed by atoms with van der Waals surface area (Å²) in [7, 11) is -3.36. The Morgan fingerprint density at radius 3 is 2.89 bits per heavy atom. The smallest absolute Gasteiger partial charge is 0.322 e. The van der Waals surface area contributed by atoms with Gasteiger partial charge in [0, 0.05) is 24.6 Å². The quantitative estimate of drug-likeness (QED) is 0.842. The fourth-order valence-corrected chi connectivity index (χ4v) is 5.35. The zero-order valence-corrected chi connectivity index (χ0v) is 15.2. The first-order valence-electron chi connectivity index (χ1n) is 8.48. The second-order valence-electron chi connectivity index (χ2n) is 6.98. The molecule has 0 saturated carbocycles. The molecule has 2 fully saturated rings. The molecular formula is C17H19FN4O4S. The van der Waals surface area contributed by atoms with Crippen LogP contribution >= 0.6 is 0 Å². The third kappa shape index (κ3) is 3.67. The molecule has 2 aromatic rings. The van der Waals surface area contributed by atoms with E-state index in [1.54, 1.807) is 29.4 Å². The van der Waals surface area contributed by atoms with E-state index < -0.39 is 32.5 Å². The highest BCUT2D eigenvalue weighted by molar-refractivity contribution is 7.92. The number of carbonyl (C=O) groups excluding carboxylic acids is 1. The molecule has 4 rings (SSSR count). The summed E-state index contributed by atoms with van der Waals surface area (Å²) < 4.78 is 46.1. The fraction of sp³-hybridized carbons (Fsp3) is 0.412. The molecule has 8 nitrogen and oxygen atoms in total. The number of hydrogen-bond acceptors (Lipinski definition) is 5. The average molecular weight is 394 g/mol. The van der Waals surface area contributed by atoms with Crippen LogP contribution in [0.5, 0.6) is 0 Å². The highest BCUT2D eigenvalue weighted by Gasteiger charge is 2.53. The van der Waals surface area contributed by atoms with Crippen molar-refractivity contribution in [3.05, 3.63) is 48.8 Å². The van der Waals surface area contributed by atoms with Gasteiger partial charge in [-0.3, -0.25) is 0 Å². The van der Waals surface area contributed by atoms with Gasteiger partial charge in [0.15, 0.2) is 9.84 Å². The Bertz CT molecular complexity index is 942. The summed E-state index contributed by atoms with van der Waals surface area (Å²) >= 11 is 0. The Kier molecular flexibility index (Phi) is 4.39. The van der Waals surface area contributed by atoms with Gasteiger partial charge < -0.3 is 19.5 Å². The van der Waals surface area contributed by atoms with Gasteiger partial charge in [-0.1, -0.05) is 6.07 Å². The number of sulfone groups is 1. The predicted molar refractivity (Wildman–Crippen MR) is 95.5 cm³/mol. The fourth-order valence-electron chi connectivity index (χ4n) is 3.44. The third-order valence-electron chi connectivity index (χ3n) is 4.84. The molecule has 0 radical (unpaired) electrons. The summed E-state index contributed by atoms with van der Waals surface area (Å²) in [6, 6.07) is 5.18. The topological polar surface area (TPSA) is 93.5 Å². The van der Waals surface area contributed by atoms with Crippen LogP contribution in [0.15, 0.2) is 43.0 Å². The van der Waals surface area contributed by atoms with Crippen molar-refractivity contribution in [2.45, 2.75) is 17.4 Å². The maximum Gasteiger partial charge on any atom is 0.322 e. The number of aromatic nitrogens is 2. The van der Waals surface area contributed by atoms with Gasteiger partial charge in [0.2, 0.25) is 0 Å². The number of ether oxygens (including phenoxy) is 1. The van der Waals surface area contributed by atoms with Crippen LogP contribution in [-0.2, 0) is 21.1 Å². The summed E-state index contributed by atoms with van der Waals surface area (Å²) in [5.74, 6) is -0.568. The molecule has 0 unspecified atom stereocenters. The maximum atomic E-state index is 13.2. The summed E-state index contributed by atoms with van der Waals surface area (Å²) in [6.07, 6.45) is 4.88. The van der Waals surface area contributed by atoms with Crippen molar-refractivity contribution in [1.82, 2.24) is 14.5 Å². The number of benzene rings is 1. The van der Waals surface area contributed by atoms with E-state index in [-0.39, 0.29) is 25.4 Å². The number of anilines is 1. The molecule has 2 aliphatic rings. The van der Waals surface area contributed by atoms with Crippen LogP contribution in [0.25, 0.3) is 0 Å². The van der Waals surface area contributed by atoms with Crippen molar-refractivity contribution >= 4 is 21.6 Å². The molecule has 2 saturated heterocycles. The van der Waals surface area contributed by atoms with Crippen molar-refractivity contribution < 1.29 is 22.3 Å². The highest BCUT2D eigenvalue weighted by Crippen LogP contribution is 2.33. The van der Waals surface area contributed by atoms with Crippen LogP contribution in [-0.4, -0.2) is 65.2 Å². The minimum Gasteiger partial charge on any atom is -0.369 e. The van der Waals surface area contributed by atoms with Crippen LogP contribution in [0.1, 0.15) is 0 Å². The highest BCUT2D eigenvalue weighted by atomic mass is 32.2. The number of halogens is 1. The van der Waals surface area contributed by atoms with E-state index in [1.165, 1.54) is 23.1 Å². The van der Waals surface area contributed by atoms with E-state index in [2.05, 4.69) is 10.3 Å². The molecule has 3 heterocycles. The Morgan fingerprint density at radius 2 is 2.22 bits per heavy atom. The lowest BCUT2D eigenvalue weighted by atomic mass is 9.96. The second kappa shape index (κ2) is 6.61. The van der Waals surface area contributed by atoms with Crippen molar-refractivity contribution in [2.75, 3.05) is 30.8 Å². The van der Waals surface area contributed by atoms with Crippen molar-refractivity contribution in [1.29, 1.82) is 0 Å². The molecule has 27 heavy (non-hydrogen) atoms. The lowest BCUT2D eigenvalue weighted by Crippen LogP contribution is -2.71. The van der Waals surface area contributed by atoms with Gasteiger partial charge in [0.25, 0.3) is 0 Å². The van der Waals surface area contributed by atoms with Gasteiger partial charge >= 0.3 is 6.03 Å². The summed E-state index contributed by atoms with van der Waals surface area (Å²) in [4.78, 5) is 17.6. The zero-order valence-electron chi connectivity index (χ0n) is 14.4. The number of nitrogens with zero attached hydrogens (tertiary/aromatic N) is 3. The van der Waals surface area contributed by atoms with E-state index in [0.717, 1.165) is 0 Å². The number of rotatable bonds is 3. The lowest BCUT2D eigenvalue weighted by molar-refractivity contribution is -0.117. The van der Waals surface area contributed by atoms with Gasteiger partial charge in [-0.05, 0) is 18.2 Å². The van der Waals surface area contributed by atoms with Crippen molar-refractivity contribution in [3.63, 3.8) is 0 Å². The minimum atomic E-state index is -3.36. The lowest BCUT2D eigenvalue weighted by Gasteiger charge is -2.51. The number of likely N-dealkylation sites (tertiary alicyclic amines) is 1. The molecule has 1 aromatic heterocycles. The molecular weight excluding hydrogens is 375 g/mol. The Morgan fingerprint density at radius 1 is 1.41 bits per heavy atom. The van der Waals surface area contributed by atoms with E-state index >= 15 is 0 Å². The SMILES string of the molecule is O=C(Nc1cccc(F)c1)N1CC2(C1)CS(=O)(=O)[C@@H](Cn1ccnc1)CO2. The number of amides is 2. The number of urea groups is 1. The standard InChI is InChI=1S/C17H19FN4O4S/c18-13-2-1-3-14(6-13)20-16(23)22-9-17(10-22)11-27(24,25)15(8-26-17)7-21-5-4-19-12-21/h1-6,12,15H,7-11H2,(H,20,23)/t15-/m0/s1. The minimum absolute atomic E-state index is 0.0832. The Labute approximate surface area is 155 Å². The zero-order chi connectivity index (χ0) is 19.1. The molecule has 10 heteroatoms. The van der Waals surface area contributed by atoms with Crippen molar-refractivity contribution in [2.24, 2.45) is 0 Å². The van der Waals surface area contributed by atoms with E-state index in [9.17, 15) is 17.6 Å². The number of carbonyl (C=O) groups is 1. The van der Waals surface area contributed by atoms with Gasteiger partial charge in [-0.15, -0.1) is 0 Å². The molecule has 0 aliphatic carbocycles. The van der Waals surface area contributed by atoms with Gasteiger partial charge in [0.1, 0.15) is 16.7 Å². The van der Waals surface area contributed by atoms with Crippen LogP contribution in [0, 0.1) is 5.82 Å². The van der Waals surface area contributed by atoms with Gasteiger partial charge in [0.05, 0.1) is 31.8 Å². The molecule has 1 aromatic carbocycles. The molecule has 2 aliphatic heterocycles. The largest absolute Gasteiger partial charge is 0.369 e. The van der Waals surface area contributed by atoms with E-state index in [0.29, 0.717) is 12.2 Å². The van der Waals surface area contributed by atoms with Crippen LogP contribution in [0.2, 0.25) is 0 Å². The summed E-state index contributed by atoms with van der Waals surface area (Å²) in [6.45, 7) is 0.748. The number of imidazole rings is 1. The predicted octanol–water partition coefficient (Wildman–Crippen LogP) is 1.12. The maximum absolute atomic E-state index is 13.2. The molecule has 1 N–H and O–H groups in total. The summed E-state index contributed by atoms with van der Waals surface area (Å²) in [5.41, 5.74) is -0.512. The van der Waals surface area contributed by atoms with Gasteiger partial charge in [-0.2, -0.15) is 0 Å². The first kappa shape index (κ1) is 17.9. The molecule has 1 atom stereocenters. The molecule has 1 spiro atoms. The number of hydrogen-bond donors (Lipinski definition) is 1. The second-order valence-corrected chi connectivity index (χ2v) is 9.26. The van der Waals surface area contributed by atoms with Crippen molar-refractivity contribution in [3.8, 4) is 0 Å².